The highest BCUT2D eigenvalue weighted by Crippen LogP contribution is 2.39. The van der Waals surface area contributed by atoms with Crippen LogP contribution in [0.5, 0.6) is 0 Å². The first-order valence-electron chi connectivity index (χ1n) is 5.96. The molecular weight excluding hydrogens is 222 g/mol. The average Bonchev–Trinajstić information content (AvgIpc) is 3.04. The zero-order valence-electron chi connectivity index (χ0n) is 9.74. The maximum Gasteiger partial charge on any atom is 0.202 e. The molecule has 1 saturated carbocycles. The van der Waals surface area contributed by atoms with E-state index < -0.39 is 0 Å². The minimum atomic E-state index is 0.661. The fourth-order valence-electron chi connectivity index (χ4n) is 1.56. The smallest absolute Gasteiger partial charge is 0.202 e. The third-order valence-corrected chi connectivity index (χ3v) is 3.37. The lowest BCUT2D eigenvalue weighted by Crippen LogP contribution is -2.01. The molecule has 0 amide bonds. The highest BCUT2D eigenvalue weighted by molar-refractivity contribution is 7.09. The van der Waals surface area contributed by atoms with Crippen molar-refractivity contribution in [1.29, 1.82) is 0 Å². The van der Waals surface area contributed by atoms with Crippen molar-refractivity contribution in [3.05, 3.63) is 5.82 Å². The monoisotopic (exact) mass is 241 g/mol. The van der Waals surface area contributed by atoms with E-state index in [0.717, 1.165) is 30.5 Å². The second kappa shape index (κ2) is 6.15. The summed E-state index contributed by atoms with van der Waals surface area (Å²) in [6, 6.07) is 0. The van der Waals surface area contributed by atoms with Crippen molar-refractivity contribution < 1.29 is 4.74 Å². The Bertz CT molecular complexity index is 312. The molecule has 1 aliphatic carbocycles. The van der Waals surface area contributed by atoms with Crippen LogP contribution in [-0.2, 0) is 4.74 Å². The minimum absolute atomic E-state index is 0.661. The van der Waals surface area contributed by atoms with E-state index in [1.165, 1.54) is 37.2 Å². The topological polar surface area (TPSA) is 47.0 Å². The van der Waals surface area contributed by atoms with Gasteiger partial charge in [-0.1, -0.05) is 0 Å². The second-order valence-electron chi connectivity index (χ2n) is 4.21. The number of methoxy groups -OCH3 is 1. The van der Waals surface area contributed by atoms with Gasteiger partial charge in [-0.25, -0.2) is 4.98 Å². The van der Waals surface area contributed by atoms with Crippen molar-refractivity contribution >= 4 is 16.7 Å². The summed E-state index contributed by atoms with van der Waals surface area (Å²) in [6.07, 6.45) is 6.05. The molecular formula is C11H19N3OS. The minimum Gasteiger partial charge on any atom is -0.385 e. The number of anilines is 1. The average molecular weight is 241 g/mol. The van der Waals surface area contributed by atoms with Crippen LogP contribution in [0.4, 0.5) is 5.13 Å². The van der Waals surface area contributed by atoms with Gasteiger partial charge in [-0.3, -0.25) is 0 Å². The predicted molar refractivity (Wildman–Crippen MR) is 66.1 cm³/mol. The number of ether oxygens (including phenoxy) is 1. The molecule has 1 aromatic rings. The van der Waals surface area contributed by atoms with E-state index in [-0.39, 0.29) is 0 Å². The van der Waals surface area contributed by atoms with Gasteiger partial charge in [0.05, 0.1) is 0 Å². The molecule has 1 heterocycles. The number of aromatic nitrogens is 2. The molecule has 0 aliphatic heterocycles. The molecule has 2 rings (SSSR count). The van der Waals surface area contributed by atoms with E-state index in [9.17, 15) is 0 Å². The number of nitrogens with one attached hydrogen (secondary N) is 1. The van der Waals surface area contributed by atoms with Crippen molar-refractivity contribution in [2.45, 2.75) is 38.0 Å². The number of nitrogens with zero attached hydrogens (tertiary/aromatic N) is 2. The largest absolute Gasteiger partial charge is 0.385 e. The Morgan fingerprint density at radius 3 is 3.00 bits per heavy atom. The second-order valence-corrected chi connectivity index (χ2v) is 4.96. The van der Waals surface area contributed by atoms with Gasteiger partial charge < -0.3 is 10.1 Å². The predicted octanol–water partition coefficient (Wildman–Crippen LogP) is 2.64. The molecule has 0 atom stereocenters. The summed E-state index contributed by atoms with van der Waals surface area (Å²) in [6.45, 7) is 1.85. The van der Waals surface area contributed by atoms with Gasteiger partial charge in [-0.2, -0.15) is 4.37 Å². The maximum absolute atomic E-state index is 5.00. The summed E-state index contributed by atoms with van der Waals surface area (Å²) in [4.78, 5) is 4.48. The van der Waals surface area contributed by atoms with Crippen LogP contribution in [0, 0.1) is 0 Å². The normalized spacial score (nSPS) is 15.3. The zero-order chi connectivity index (χ0) is 11.2. The summed E-state index contributed by atoms with van der Waals surface area (Å²) in [7, 11) is 1.75. The summed E-state index contributed by atoms with van der Waals surface area (Å²) in [5, 5.41) is 4.31. The Hall–Kier alpha value is -0.680. The first-order valence-corrected chi connectivity index (χ1v) is 6.74. The van der Waals surface area contributed by atoms with E-state index in [2.05, 4.69) is 14.7 Å². The quantitative estimate of drug-likeness (QED) is 0.711. The molecule has 4 nitrogen and oxygen atoms in total. The fourth-order valence-corrected chi connectivity index (χ4v) is 2.23. The SMILES string of the molecule is COCCCCCNc1nc(C2CC2)ns1. The van der Waals surface area contributed by atoms with Gasteiger partial charge in [-0.05, 0) is 32.1 Å². The maximum atomic E-state index is 5.00. The molecule has 1 aromatic heterocycles. The first kappa shape index (κ1) is 11.8. The molecule has 0 spiro atoms. The van der Waals surface area contributed by atoms with Crippen molar-refractivity contribution in [2.75, 3.05) is 25.6 Å². The Kier molecular flexibility index (Phi) is 4.54. The first-order chi connectivity index (χ1) is 7.90. The van der Waals surface area contributed by atoms with E-state index >= 15 is 0 Å². The van der Waals surface area contributed by atoms with Crippen LogP contribution in [0.2, 0.25) is 0 Å². The van der Waals surface area contributed by atoms with Crippen LogP contribution >= 0.6 is 11.5 Å². The fraction of sp³-hybridized carbons (Fsp3) is 0.818. The molecule has 1 fully saturated rings. The van der Waals surface area contributed by atoms with Crippen LogP contribution in [0.25, 0.3) is 0 Å². The van der Waals surface area contributed by atoms with Crippen molar-refractivity contribution in [2.24, 2.45) is 0 Å². The molecule has 0 aromatic carbocycles. The molecule has 90 valence electrons. The molecule has 0 saturated heterocycles. The molecule has 1 aliphatic rings. The van der Waals surface area contributed by atoms with Gasteiger partial charge in [0.25, 0.3) is 0 Å². The number of unbranched alkanes of at least 4 members (excludes halogenated alkanes) is 2. The lowest BCUT2D eigenvalue weighted by atomic mass is 10.2. The molecule has 5 heteroatoms. The Morgan fingerprint density at radius 1 is 1.38 bits per heavy atom. The van der Waals surface area contributed by atoms with Crippen LogP contribution in [-0.4, -0.2) is 29.6 Å². The van der Waals surface area contributed by atoms with Crippen LogP contribution < -0.4 is 5.32 Å². The molecule has 16 heavy (non-hydrogen) atoms. The van der Waals surface area contributed by atoms with Crippen LogP contribution in [0.15, 0.2) is 0 Å². The van der Waals surface area contributed by atoms with Gasteiger partial charge in [0, 0.05) is 37.7 Å². The van der Waals surface area contributed by atoms with Crippen molar-refractivity contribution in [3.63, 3.8) is 0 Å². The Labute approximate surface area is 101 Å². The van der Waals surface area contributed by atoms with E-state index in [0.29, 0.717) is 5.92 Å². The lowest BCUT2D eigenvalue weighted by Gasteiger charge is -2.01. The zero-order valence-corrected chi connectivity index (χ0v) is 10.6. The van der Waals surface area contributed by atoms with Crippen molar-refractivity contribution in [3.8, 4) is 0 Å². The number of hydrogen-bond acceptors (Lipinski definition) is 5. The third-order valence-electron chi connectivity index (χ3n) is 2.69. The standard InChI is InChI=1S/C11H19N3OS/c1-15-8-4-2-3-7-12-11-13-10(14-16-11)9-5-6-9/h9H,2-8H2,1H3,(H,12,13,14). The molecule has 0 unspecified atom stereocenters. The summed E-state index contributed by atoms with van der Waals surface area (Å²) in [5.74, 6) is 1.71. The van der Waals surface area contributed by atoms with E-state index in [4.69, 9.17) is 4.74 Å². The lowest BCUT2D eigenvalue weighted by molar-refractivity contribution is 0.192. The summed E-state index contributed by atoms with van der Waals surface area (Å²) >= 11 is 1.49. The van der Waals surface area contributed by atoms with Gasteiger partial charge in [0.15, 0.2) is 0 Å². The molecule has 0 radical (unpaired) electrons. The highest BCUT2D eigenvalue weighted by Gasteiger charge is 2.27. The van der Waals surface area contributed by atoms with Crippen LogP contribution in [0.1, 0.15) is 43.8 Å². The van der Waals surface area contributed by atoms with Gasteiger partial charge in [-0.15, -0.1) is 0 Å². The van der Waals surface area contributed by atoms with Gasteiger partial charge >= 0.3 is 0 Å². The van der Waals surface area contributed by atoms with Crippen LogP contribution in [0.3, 0.4) is 0 Å². The number of hydrogen-bond donors (Lipinski definition) is 1. The molecule has 0 bridgehead atoms. The van der Waals surface area contributed by atoms with E-state index in [1.54, 1.807) is 7.11 Å². The van der Waals surface area contributed by atoms with E-state index in [1.807, 2.05) is 0 Å². The molecule has 1 N–H and O–H groups in total. The summed E-state index contributed by atoms with van der Waals surface area (Å²) in [5.41, 5.74) is 0. The highest BCUT2D eigenvalue weighted by atomic mass is 32.1. The Morgan fingerprint density at radius 2 is 2.25 bits per heavy atom. The van der Waals surface area contributed by atoms with Gasteiger partial charge in [0.1, 0.15) is 5.82 Å². The third kappa shape index (κ3) is 3.72. The Balaban J connectivity index is 1.57. The van der Waals surface area contributed by atoms with Crippen molar-refractivity contribution in [1.82, 2.24) is 9.36 Å². The van der Waals surface area contributed by atoms with Gasteiger partial charge in [0.2, 0.25) is 5.13 Å². The number of rotatable bonds is 8. The summed E-state index contributed by atoms with van der Waals surface area (Å²) < 4.78 is 9.36.